The zero-order chi connectivity index (χ0) is 21.2. The van der Waals surface area contributed by atoms with Gasteiger partial charge >= 0.3 is 0 Å². The third-order valence-electron chi connectivity index (χ3n) is 5.16. The summed E-state index contributed by atoms with van der Waals surface area (Å²) in [5, 5.41) is 8.37. The van der Waals surface area contributed by atoms with Crippen molar-refractivity contribution in [2.24, 2.45) is 0 Å². The Balaban J connectivity index is 1.36. The van der Waals surface area contributed by atoms with Gasteiger partial charge in [-0.1, -0.05) is 42.5 Å². The number of fused-ring (bicyclic) bond motifs is 1. The second-order valence-corrected chi connectivity index (χ2v) is 7.27. The maximum Gasteiger partial charge on any atom is 0.246 e. The fourth-order valence-electron chi connectivity index (χ4n) is 3.74. The zero-order valence-corrected chi connectivity index (χ0v) is 16.9. The number of aryl methyl sites for hydroxylation is 1. The molecule has 3 aromatic heterocycles. The predicted octanol–water partition coefficient (Wildman–Crippen LogP) is 5.31. The highest BCUT2D eigenvalue weighted by Crippen LogP contribution is 2.30. The molecule has 0 atom stereocenters. The van der Waals surface area contributed by atoms with Gasteiger partial charge in [0.25, 0.3) is 0 Å². The van der Waals surface area contributed by atoms with Crippen molar-refractivity contribution in [1.29, 1.82) is 0 Å². The Bertz CT molecular complexity index is 1340. The molecule has 1 N–H and O–H groups in total. The second-order valence-electron chi connectivity index (χ2n) is 7.27. The molecule has 0 saturated heterocycles. The number of nitrogens with one attached hydrogen (secondary N) is 1. The lowest BCUT2D eigenvalue weighted by atomic mass is 10.1. The first-order valence-corrected chi connectivity index (χ1v) is 10.0. The van der Waals surface area contributed by atoms with Gasteiger partial charge in [0, 0.05) is 17.4 Å². The fourth-order valence-corrected chi connectivity index (χ4v) is 3.74. The number of furan rings is 1. The van der Waals surface area contributed by atoms with Crippen LogP contribution >= 0.6 is 0 Å². The molecule has 0 saturated carbocycles. The number of amides is 1. The van der Waals surface area contributed by atoms with E-state index in [1.807, 2.05) is 67.6 Å². The highest BCUT2D eigenvalue weighted by atomic mass is 16.3. The van der Waals surface area contributed by atoms with E-state index >= 15 is 0 Å². The molecule has 152 valence electrons. The average molecular weight is 408 g/mol. The topological polar surface area (TPSA) is 73.0 Å². The zero-order valence-electron chi connectivity index (χ0n) is 16.9. The highest BCUT2D eigenvalue weighted by molar-refractivity contribution is 5.95. The summed E-state index contributed by atoms with van der Waals surface area (Å²) in [5.74, 6) is 0.583. The summed E-state index contributed by atoms with van der Waals surface area (Å²) in [6.45, 7) is 1.98. The maximum absolute atomic E-state index is 12.7. The lowest BCUT2D eigenvalue weighted by Gasteiger charge is -2.08. The number of hydrogen-bond acceptors (Lipinski definition) is 4. The first-order valence-electron chi connectivity index (χ1n) is 10.0. The molecule has 6 nitrogen and oxygen atoms in total. The minimum Gasteiger partial charge on any atom is -0.464 e. The van der Waals surface area contributed by atoms with Crippen LogP contribution in [-0.4, -0.2) is 20.7 Å². The van der Waals surface area contributed by atoms with Gasteiger partial charge in [-0.15, -0.1) is 0 Å². The molecule has 0 aliphatic carbocycles. The van der Waals surface area contributed by atoms with E-state index in [1.54, 1.807) is 17.1 Å². The number of hydrogen-bond donors (Lipinski definition) is 1. The van der Waals surface area contributed by atoms with Gasteiger partial charge in [0.2, 0.25) is 5.91 Å². The molecule has 0 fully saturated rings. The van der Waals surface area contributed by atoms with Crippen LogP contribution in [0.25, 0.3) is 33.5 Å². The van der Waals surface area contributed by atoms with Crippen LogP contribution in [0.4, 0.5) is 5.69 Å². The first-order chi connectivity index (χ1) is 15.2. The number of aromatic nitrogens is 3. The molecular weight excluding hydrogens is 388 g/mol. The van der Waals surface area contributed by atoms with Crippen molar-refractivity contribution in [3.8, 4) is 22.5 Å². The number of rotatable bonds is 5. The third-order valence-corrected chi connectivity index (χ3v) is 5.16. The largest absolute Gasteiger partial charge is 0.464 e. The Morgan fingerprint density at radius 3 is 2.48 bits per heavy atom. The summed E-state index contributed by atoms with van der Waals surface area (Å²) >= 11 is 0. The number of anilines is 1. The third kappa shape index (κ3) is 3.71. The summed E-state index contributed by atoms with van der Waals surface area (Å²) in [4.78, 5) is 17.1. The minimum absolute atomic E-state index is 0.0688. The molecule has 0 unspecified atom stereocenters. The van der Waals surface area contributed by atoms with Crippen LogP contribution in [0.1, 0.15) is 5.69 Å². The van der Waals surface area contributed by atoms with Crippen LogP contribution in [0.15, 0.2) is 89.7 Å². The van der Waals surface area contributed by atoms with Crippen LogP contribution in [0, 0.1) is 6.92 Å². The van der Waals surface area contributed by atoms with Crippen molar-refractivity contribution in [2.45, 2.75) is 13.5 Å². The standard InChI is InChI=1S/C25H20N4O2/c1-17-24-21(22-8-5-15-31-22)13-14-26-25(24)29(28-17)16-23(30)27-20-11-9-19(10-12-20)18-6-3-2-4-7-18/h2-15H,16H2,1H3,(H,27,30). The normalized spacial score (nSPS) is 11.0. The van der Waals surface area contributed by atoms with Gasteiger partial charge in [-0.25, -0.2) is 9.67 Å². The summed E-state index contributed by atoms with van der Waals surface area (Å²) in [6, 6.07) is 23.6. The van der Waals surface area contributed by atoms with Crippen LogP contribution in [0.3, 0.4) is 0 Å². The van der Waals surface area contributed by atoms with E-state index in [2.05, 4.69) is 27.5 Å². The number of carbonyl (C=O) groups excluding carboxylic acids is 1. The van der Waals surface area contributed by atoms with Gasteiger partial charge in [0.1, 0.15) is 12.3 Å². The predicted molar refractivity (Wildman–Crippen MR) is 120 cm³/mol. The molecule has 6 heteroatoms. The number of nitrogens with zero attached hydrogens (tertiary/aromatic N) is 3. The maximum atomic E-state index is 12.7. The monoisotopic (exact) mass is 408 g/mol. The summed E-state index contributed by atoms with van der Waals surface area (Å²) in [5.41, 5.74) is 5.34. The quantitative estimate of drug-likeness (QED) is 0.428. The second kappa shape index (κ2) is 7.91. The molecule has 3 heterocycles. The van der Waals surface area contributed by atoms with Gasteiger partial charge in [-0.3, -0.25) is 4.79 Å². The molecule has 0 aliphatic rings. The lowest BCUT2D eigenvalue weighted by molar-refractivity contribution is -0.116. The van der Waals surface area contributed by atoms with Crippen LogP contribution in [-0.2, 0) is 11.3 Å². The fraction of sp³-hybridized carbons (Fsp3) is 0.0800. The molecule has 1 amide bonds. The van der Waals surface area contributed by atoms with E-state index in [1.165, 1.54) is 0 Å². The van der Waals surface area contributed by atoms with Gasteiger partial charge in [-0.05, 0) is 48.4 Å². The Morgan fingerprint density at radius 2 is 1.74 bits per heavy atom. The van der Waals surface area contributed by atoms with Crippen molar-refractivity contribution in [3.63, 3.8) is 0 Å². The molecular formula is C25H20N4O2. The molecule has 0 radical (unpaired) electrons. The van der Waals surface area contributed by atoms with Gasteiger partial charge < -0.3 is 9.73 Å². The van der Waals surface area contributed by atoms with Crippen molar-refractivity contribution in [3.05, 3.63) is 91.0 Å². The van der Waals surface area contributed by atoms with E-state index in [9.17, 15) is 4.79 Å². The van der Waals surface area contributed by atoms with Gasteiger partial charge in [-0.2, -0.15) is 5.10 Å². The highest BCUT2D eigenvalue weighted by Gasteiger charge is 2.17. The van der Waals surface area contributed by atoms with Crippen molar-refractivity contribution in [2.75, 3.05) is 5.32 Å². The molecule has 5 rings (SSSR count). The Hall–Kier alpha value is -4.19. The SMILES string of the molecule is Cc1nn(CC(=O)Nc2ccc(-c3ccccc3)cc2)c2nccc(-c3ccco3)c12. The van der Waals surface area contributed by atoms with E-state index in [-0.39, 0.29) is 12.5 Å². The average Bonchev–Trinajstić information content (AvgIpc) is 3.44. The van der Waals surface area contributed by atoms with Crippen LogP contribution in [0.5, 0.6) is 0 Å². The molecule has 0 aliphatic heterocycles. The summed E-state index contributed by atoms with van der Waals surface area (Å²) in [6.07, 6.45) is 3.34. The number of carbonyl (C=O) groups is 1. The van der Waals surface area contributed by atoms with Gasteiger partial charge in [0.05, 0.1) is 17.3 Å². The van der Waals surface area contributed by atoms with E-state index in [0.29, 0.717) is 5.65 Å². The summed E-state index contributed by atoms with van der Waals surface area (Å²) in [7, 11) is 0. The van der Waals surface area contributed by atoms with Crippen LogP contribution < -0.4 is 5.32 Å². The Kier molecular flexibility index (Phi) is 4.80. The van der Waals surface area contributed by atoms with E-state index < -0.39 is 0 Å². The smallest absolute Gasteiger partial charge is 0.246 e. The Morgan fingerprint density at radius 1 is 0.968 bits per heavy atom. The van der Waals surface area contributed by atoms with Crippen molar-refractivity contribution < 1.29 is 9.21 Å². The first kappa shape index (κ1) is 18.8. The van der Waals surface area contributed by atoms with E-state index in [4.69, 9.17) is 4.42 Å². The molecule has 2 aromatic carbocycles. The minimum atomic E-state index is -0.165. The summed E-state index contributed by atoms with van der Waals surface area (Å²) < 4.78 is 7.18. The van der Waals surface area contributed by atoms with Crippen LogP contribution in [0.2, 0.25) is 0 Å². The van der Waals surface area contributed by atoms with E-state index in [0.717, 1.165) is 39.2 Å². The molecule has 5 aromatic rings. The molecule has 0 spiro atoms. The number of benzene rings is 2. The molecule has 0 bridgehead atoms. The van der Waals surface area contributed by atoms with Crippen molar-refractivity contribution >= 4 is 22.6 Å². The molecule has 31 heavy (non-hydrogen) atoms. The van der Waals surface area contributed by atoms with Crippen molar-refractivity contribution in [1.82, 2.24) is 14.8 Å². The number of pyridine rings is 1. The Labute approximate surface area is 179 Å². The van der Waals surface area contributed by atoms with Gasteiger partial charge in [0.15, 0.2) is 5.65 Å². The lowest BCUT2D eigenvalue weighted by Crippen LogP contribution is -2.19.